The molecule has 3 heterocycles. The molecule has 2 fully saturated rings. The molecule has 1 saturated carbocycles. The second-order valence-electron chi connectivity index (χ2n) is 6.90. The van der Waals surface area contributed by atoms with Crippen molar-refractivity contribution in [3.8, 4) is 0 Å². The number of carbonyl (C=O) groups excluding carboxylic acids is 1. The number of nitro groups is 1. The molecule has 0 radical (unpaired) electrons. The number of rotatable bonds is 5. The fourth-order valence-corrected chi connectivity index (χ4v) is 3.58. The van der Waals surface area contributed by atoms with Crippen LogP contribution in [-0.2, 0) is 4.74 Å². The van der Waals surface area contributed by atoms with E-state index in [2.05, 4.69) is 24.5 Å². The van der Waals surface area contributed by atoms with E-state index in [1.54, 1.807) is 6.33 Å². The van der Waals surface area contributed by atoms with Crippen molar-refractivity contribution in [3.63, 3.8) is 0 Å². The Kier molecular flexibility index (Phi) is 4.46. The van der Waals surface area contributed by atoms with Gasteiger partial charge in [0, 0.05) is 37.3 Å². The summed E-state index contributed by atoms with van der Waals surface area (Å²) in [7, 11) is 1.23. The standard InChI is InChI=1S/C17H20N6O4/c1-27-17(24)12-8-14(23(25)26)16(18-9-12)21-6-4-11(5-7-21)15-20-19-10-22(15)13-2-3-13/h8-11,13H,2-7H2,1H3. The van der Waals surface area contributed by atoms with Gasteiger partial charge in [0.2, 0.25) is 5.82 Å². The number of hydrogen-bond acceptors (Lipinski definition) is 8. The number of esters is 1. The van der Waals surface area contributed by atoms with E-state index in [0.29, 0.717) is 19.1 Å². The Morgan fingerprint density at radius 1 is 1.30 bits per heavy atom. The van der Waals surface area contributed by atoms with Crippen molar-refractivity contribution >= 4 is 17.5 Å². The summed E-state index contributed by atoms with van der Waals surface area (Å²) in [6, 6.07) is 1.76. The molecule has 4 rings (SSSR count). The lowest BCUT2D eigenvalue weighted by Crippen LogP contribution is -2.34. The summed E-state index contributed by atoms with van der Waals surface area (Å²) in [4.78, 5) is 28.7. The van der Waals surface area contributed by atoms with E-state index in [1.807, 2.05) is 4.90 Å². The summed E-state index contributed by atoms with van der Waals surface area (Å²) < 4.78 is 6.79. The number of hydrogen-bond donors (Lipinski definition) is 0. The third kappa shape index (κ3) is 3.34. The molecule has 0 N–H and O–H groups in total. The van der Waals surface area contributed by atoms with Crippen molar-refractivity contribution in [3.05, 3.63) is 40.1 Å². The van der Waals surface area contributed by atoms with Crippen molar-refractivity contribution < 1.29 is 14.5 Å². The van der Waals surface area contributed by atoms with Crippen LogP contribution in [0, 0.1) is 10.1 Å². The number of methoxy groups -OCH3 is 1. The van der Waals surface area contributed by atoms with Crippen molar-refractivity contribution in [2.45, 2.75) is 37.6 Å². The van der Waals surface area contributed by atoms with Gasteiger partial charge in [0.15, 0.2) is 0 Å². The van der Waals surface area contributed by atoms with Crippen molar-refractivity contribution in [1.29, 1.82) is 0 Å². The van der Waals surface area contributed by atoms with Crippen LogP contribution in [0.2, 0.25) is 0 Å². The Morgan fingerprint density at radius 3 is 2.67 bits per heavy atom. The molecule has 1 aliphatic carbocycles. The SMILES string of the molecule is COC(=O)c1cnc(N2CCC(c3nncn3C3CC3)CC2)c([N+](=O)[O-])c1. The summed E-state index contributed by atoms with van der Waals surface area (Å²) in [6.45, 7) is 1.27. The van der Waals surface area contributed by atoms with Crippen LogP contribution in [-0.4, -0.2) is 50.8 Å². The summed E-state index contributed by atoms with van der Waals surface area (Å²) in [5.41, 5.74) is -0.113. The van der Waals surface area contributed by atoms with Crippen molar-refractivity contribution in [1.82, 2.24) is 19.7 Å². The third-order valence-corrected chi connectivity index (χ3v) is 5.17. The number of piperidine rings is 1. The highest BCUT2D eigenvalue weighted by atomic mass is 16.6. The van der Waals surface area contributed by atoms with Crippen molar-refractivity contribution in [2.75, 3.05) is 25.1 Å². The highest BCUT2D eigenvalue weighted by Crippen LogP contribution is 2.39. The van der Waals surface area contributed by atoms with Gasteiger partial charge in [-0.05, 0) is 25.7 Å². The van der Waals surface area contributed by atoms with E-state index >= 15 is 0 Å². The molecule has 1 saturated heterocycles. The van der Waals surface area contributed by atoms with E-state index in [0.717, 1.165) is 18.7 Å². The van der Waals surface area contributed by atoms with Crippen LogP contribution in [0.1, 0.15) is 53.8 Å². The molecular weight excluding hydrogens is 352 g/mol. The normalized spacial score (nSPS) is 17.7. The van der Waals surface area contributed by atoms with Gasteiger partial charge in [0.1, 0.15) is 12.2 Å². The summed E-state index contributed by atoms with van der Waals surface area (Å²) in [6.07, 6.45) is 7.12. The first kappa shape index (κ1) is 17.4. The van der Waals surface area contributed by atoms with Gasteiger partial charge in [0.25, 0.3) is 0 Å². The minimum Gasteiger partial charge on any atom is -0.465 e. The molecule has 0 unspecified atom stereocenters. The van der Waals surface area contributed by atoms with E-state index in [1.165, 1.54) is 32.2 Å². The molecule has 1 aliphatic heterocycles. The summed E-state index contributed by atoms with van der Waals surface area (Å²) in [5, 5.41) is 19.8. The number of ether oxygens (including phenoxy) is 1. The zero-order valence-electron chi connectivity index (χ0n) is 14.9. The number of nitrogens with zero attached hydrogens (tertiary/aromatic N) is 6. The lowest BCUT2D eigenvalue weighted by molar-refractivity contribution is -0.384. The molecular formula is C17H20N6O4. The molecule has 2 aromatic heterocycles. The van der Waals surface area contributed by atoms with Gasteiger partial charge < -0.3 is 14.2 Å². The number of pyridine rings is 1. The Balaban J connectivity index is 1.51. The zero-order valence-corrected chi connectivity index (χ0v) is 14.9. The lowest BCUT2D eigenvalue weighted by Gasteiger charge is -2.32. The van der Waals surface area contributed by atoms with Gasteiger partial charge in [-0.15, -0.1) is 10.2 Å². The Morgan fingerprint density at radius 2 is 2.04 bits per heavy atom. The maximum atomic E-state index is 11.6. The average Bonchev–Trinajstić information content (AvgIpc) is 3.43. The monoisotopic (exact) mass is 372 g/mol. The van der Waals surface area contributed by atoms with Gasteiger partial charge in [-0.3, -0.25) is 10.1 Å². The second kappa shape index (κ2) is 6.93. The molecule has 0 bridgehead atoms. The van der Waals surface area contributed by atoms with Gasteiger partial charge in [-0.1, -0.05) is 0 Å². The van der Waals surface area contributed by atoms with Crippen LogP contribution in [0.4, 0.5) is 11.5 Å². The molecule has 0 aromatic carbocycles. The van der Waals surface area contributed by atoms with E-state index < -0.39 is 10.9 Å². The fraction of sp³-hybridized carbons (Fsp3) is 0.529. The molecule has 2 aromatic rings. The topological polar surface area (TPSA) is 116 Å². The van der Waals surface area contributed by atoms with Crippen LogP contribution in [0.5, 0.6) is 0 Å². The predicted molar refractivity (Wildman–Crippen MR) is 94.7 cm³/mol. The molecule has 0 atom stereocenters. The first-order valence-corrected chi connectivity index (χ1v) is 8.95. The summed E-state index contributed by atoms with van der Waals surface area (Å²) in [5.74, 6) is 0.948. The van der Waals surface area contributed by atoms with Gasteiger partial charge in [0.05, 0.1) is 17.6 Å². The summed E-state index contributed by atoms with van der Waals surface area (Å²) >= 11 is 0. The number of aromatic nitrogens is 4. The highest BCUT2D eigenvalue weighted by molar-refractivity contribution is 5.90. The largest absolute Gasteiger partial charge is 0.465 e. The average molecular weight is 372 g/mol. The fourth-order valence-electron chi connectivity index (χ4n) is 3.58. The van der Waals surface area contributed by atoms with E-state index in [4.69, 9.17) is 0 Å². The van der Waals surface area contributed by atoms with Crippen LogP contribution < -0.4 is 4.90 Å². The van der Waals surface area contributed by atoms with Crippen molar-refractivity contribution in [2.24, 2.45) is 0 Å². The second-order valence-corrected chi connectivity index (χ2v) is 6.90. The highest BCUT2D eigenvalue weighted by Gasteiger charge is 2.33. The lowest BCUT2D eigenvalue weighted by atomic mass is 9.95. The first-order chi connectivity index (χ1) is 13.1. The number of carbonyl (C=O) groups is 1. The van der Waals surface area contributed by atoms with Gasteiger partial charge in [-0.2, -0.15) is 0 Å². The molecule has 0 spiro atoms. The van der Waals surface area contributed by atoms with Crippen LogP contribution in [0.25, 0.3) is 0 Å². The molecule has 2 aliphatic rings. The molecule has 10 heteroatoms. The Bertz CT molecular complexity index is 870. The van der Waals surface area contributed by atoms with Crippen LogP contribution in [0.3, 0.4) is 0 Å². The maximum absolute atomic E-state index is 11.6. The maximum Gasteiger partial charge on any atom is 0.339 e. The third-order valence-electron chi connectivity index (χ3n) is 5.17. The van der Waals surface area contributed by atoms with E-state index in [-0.39, 0.29) is 23.0 Å². The molecule has 10 nitrogen and oxygen atoms in total. The van der Waals surface area contributed by atoms with Crippen LogP contribution in [0.15, 0.2) is 18.6 Å². The van der Waals surface area contributed by atoms with Gasteiger partial charge in [-0.25, -0.2) is 9.78 Å². The zero-order chi connectivity index (χ0) is 19.0. The Hall–Kier alpha value is -3.04. The molecule has 142 valence electrons. The van der Waals surface area contributed by atoms with E-state index in [9.17, 15) is 14.9 Å². The first-order valence-electron chi connectivity index (χ1n) is 8.95. The smallest absolute Gasteiger partial charge is 0.339 e. The predicted octanol–water partition coefficient (Wildman–Crippen LogP) is 2.09. The van der Waals surface area contributed by atoms with Gasteiger partial charge >= 0.3 is 11.7 Å². The molecule has 0 amide bonds. The minimum atomic E-state index is -0.643. The van der Waals surface area contributed by atoms with Crippen LogP contribution >= 0.6 is 0 Å². The Labute approximate surface area is 155 Å². The minimum absolute atomic E-state index is 0.0698. The molecule has 27 heavy (non-hydrogen) atoms. The quantitative estimate of drug-likeness (QED) is 0.445. The number of anilines is 1.